The van der Waals surface area contributed by atoms with Gasteiger partial charge in [0.15, 0.2) is 5.84 Å². The number of aromatic nitrogens is 1. The third-order valence-corrected chi connectivity index (χ3v) is 13.2. The summed E-state index contributed by atoms with van der Waals surface area (Å²) in [5.41, 5.74) is 11.6. The van der Waals surface area contributed by atoms with Gasteiger partial charge in [-0.3, -0.25) is 0 Å². The quantitative estimate of drug-likeness (QED) is 0.188. The molecule has 1 unspecified atom stereocenters. The molecule has 1 aliphatic rings. The van der Waals surface area contributed by atoms with E-state index in [1.165, 1.54) is 21.5 Å². The van der Waals surface area contributed by atoms with E-state index in [-0.39, 0.29) is 0 Å². The zero-order valence-electron chi connectivity index (χ0n) is 34.9. The Morgan fingerprint density at radius 3 is 2.02 bits per heavy atom. The number of furan rings is 2. The van der Waals surface area contributed by atoms with Crippen molar-refractivity contribution in [3.05, 3.63) is 223 Å². The Kier molecular flexibility index (Phi) is 7.65. The monoisotopic (exact) mass is 832 g/mol. The van der Waals surface area contributed by atoms with Crippen LogP contribution in [0.15, 0.2) is 225 Å². The fourth-order valence-corrected chi connectivity index (χ4v) is 10.2. The summed E-state index contributed by atoms with van der Waals surface area (Å²) in [4.78, 5) is 10.8. The predicted molar refractivity (Wildman–Crippen MR) is 268 cm³/mol. The van der Waals surface area contributed by atoms with Crippen LogP contribution in [0, 0.1) is 0 Å². The van der Waals surface area contributed by atoms with E-state index in [9.17, 15) is 0 Å². The van der Waals surface area contributed by atoms with Gasteiger partial charge in [-0.1, -0.05) is 146 Å². The van der Waals surface area contributed by atoms with Crippen LogP contribution in [0.25, 0.3) is 104 Å². The number of fused-ring (bicyclic) bond motifs is 12. The lowest BCUT2D eigenvalue weighted by Crippen LogP contribution is -2.33. The highest BCUT2D eigenvalue weighted by Crippen LogP contribution is 2.44. The Morgan fingerprint density at radius 2 is 1.12 bits per heavy atom. The molecule has 0 spiro atoms. The molecule has 0 fully saturated rings. The molecule has 6 nitrogen and oxygen atoms in total. The fraction of sp³-hybridized carbons (Fsp3) is 0.0169. The molecule has 1 atom stereocenters. The standard InChI is InChI=1S/C59H36N4O2/c1-2-15-36(16-3-1)57-60-58(62-59(61-57)46-24-12-23-44-42-21-9-11-26-52(42)64-56(44)46)39-29-31-50(63-49-25-10-8-20-41(49)47-32-37-17-4-5-18-38(37)34-51(47)63)48(33-39)43-22-13-27-53-54(43)45-30-28-35-14-6-7-19-40(35)55(45)65-53/h1-34,57H,(H,60,61,62). The molecule has 3 aromatic heterocycles. The van der Waals surface area contributed by atoms with Gasteiger partial charge in [0.2, 0.25) is 0 Å². The summed E-state index contributed by atoms with van der Waals surface area (Å²) in [5.74, 6) is 1.32. The lowest BCUT2D eigenvalue weighted by Gasteiger charge is -2.24. The molecule has 65 heavy (non-hydrogen) atoms. The van der Waals surface area contributed by atoms with Gasteiger partial charge in [0.25, 0.3) is 0 Å². The minimum absolute atomic E-state index is 0.401. The number of benzene rings is 10. The van der Waals surface area contributed by atoms with Crippen molar-refractivity contribution in [3.8, 4) is 16.8 Å². The summed E-state index contributed by atoms with van der Waals surface area (Å²) in [7, 11) is 0. The van der Waals surface area contributed by atoms with E-state index in [1.54, 1.807) is 0 Å². The number of para-hydroxylation sites is 3. The third kappa shape index (κ3) is 5.47. The van der Waals surface area contributed by atoms with Gasteiger partial charge in [0.1, 0.15) is 34.3 Å². The molecular weight excluding hydrogens is 797 g/mol. The zero-order valence-corrected chi connectivity index (χ0v) is 34.9. The average Bonchev–Trinajstić information content (AvgIpc) is 4.05. The first-order chi connectivity index (χ1) is 32.2. The SMILES string of the molecule is c1ccc(C2N=C(c3ccc(-n4c5ccccc5c5cc6ccccc6cc54)c(-c4cccc5oc6c7ccccc7ccc6c45)c3)N=C(c3cccc4c3oc3ccccc34)N2)cc1. The number of hydrogen-bond donors (Lipinski definition) is 1. The molecule has 0 amide bonds. The van der Waals surface area contributed by atoms with E-state index in [0.29, 0.717) is 11.7 Å². The summed E-state index contributed by atoms with van der Waals surface area (Å²) >= 11 is 0. The van der Waals surface area contributed by atoms with Crippen LogP contribution in [0.1, 0.15) is 22.9 Å². The lowest BCUT2D eigenvalue weighted by atomic mass is 9.95. The van der Waals surface area contributed by atoms with E-state index in [2.05, 4.69) is 192 Å². The van der Waals surface area contributed by atoms with Crippen LogP contribution in [0.3, 0.4) is 0 Å². The second kappa shape index (κ2) is 13.9. The molecule has 0 radical (unpaired) electrons. The molecule has 1 N–H and O–H groups in total. The van der Waals surface area contributed by atoms with Gasteiger partial charge >= 0.3 is 0 Å². The summed E-state index contributed by atoms with van der Waals surface area (Å²) in [5, 5.41) is 15.0. The van der Waals surface area contributed by atoms with Crippen molar-refractivity contribution in [3.63, 3.8) is 0 Å². The lowest BCUT2D eigenvalue weighted by molar-refractivity contribution is 0.659. The number of nitrogens with one attached hydrogen (secondary N) is 1. The normalized spacial score (nSPS) is 14.3. The van der Waals surface area contributed by atoms with Gasteiger partial charge in [0, 0.05) is 48.8 Å². The Balaban J connectivity index is 1.05. The molecule has 6 heteroatoms. The number of hydrogen-bond acceptors (Lipinski definition) is 5. The smallest absolute Gasteiger partial charge is 0.159 e. The van der Waals surface area contributed by atoms with E-state index in [4.69, 9.17) is 18.8 Å². The van der Waals surface area contributed by atoms with Crippen LogP contribution in [0.2, 0.25) is 0 Å². The highest BCUT2D eigenvalue weighted by Gasteiger charge is 2.26. The minimum atomic E-state index is -0.401. The molecule has 1 aliphatic heterocycles. The average molecular weight is 833 g/mol. The Bertz CT molecular complexity index is 4170. The minimum Gasteiger partial charge on any atom is -0.455 e. The summed E-state index contributed by atoms with van der Waals surface area (Å²) in [6.45, 7) is 0. The molecule has 0 aliphatic carbocycles. The van der Waals surface area contributed by atoms with Crippen molar-refractivity contribution in [1.29, 1.82) is 0 Å². The molecule has 0 saturated heterocycles. The van der Waals surface area contributed by atoms with E-state index >= 15 is 0 Å². The van der Waals surface area contributed by atoms with E-state index in [1.807, 2.05) is 24.3 Å². The van der Waals surface area contributed by atoms with Crippen LogP contribution in [0.4, 0.5) is 0 Å². The molecule has 10 aromatic carbocycles. The second-order valence-electron chi connectivity index (χ2n) is 16.9. The summed E-state index contributed by atoms with van der Waals surface area (Å²) in [6.07, 6.45) is -0.401. The van der Waals surface area contributed by atoms with Gasteiger partial charge < -0.3 is 18.7 Å². The van der Waals surface area contributed by atoms with E-state index < -0.39 is 6.17 Å². The van der Waals surface area contributed by atoms with Crippen molar-refractivity contribution in [1.82, 2.24) is 9.88 Å². The third-order valence-electron chi connectivity index (χ3n) is 13.2. The summed E-state index contributed by atoms with van der Waals surface area (Å²) < 4.78 is 15.8. The number of amidine groups is 2. The first-order valence-electron chi connectivity index (χ1n) is 22.0. The zero-order chi connectivity index (χ0) is 42.6. The molecule has 4 heterocycles. The van der Waals surface area contributed by atoms with Gasteiger partial charge in [-0.05, 0) is 87.9 Å². The maximum Gasteiger partial charge on any atom is 0.159 e. The molecule has 0 bridgehead atoms. The van der Waals surface area contributed by atoms with Gasteiger partial charge in [0.05, 0.1) is 22.3 Å². The maximum absolute atomic E-state index is 6.81. The molecular formula is C59H36N4O2. The maximum atomic E-state index is 6.81. The first-order valence-corrected chi connectivity index (χ1v) is 22.0. The Labute approximate surface area is 372 Å². The van der Waals surface area contributed by atoms with E-state index in [0.717, 1.165) is 99.2 Å². The number of rotatable bonds is 5. The van der Waals surface area contributed by atoms with Crippen molar-refractivity contribution >= 4 is 98.9 Å². The summed E-state index contributed by atoms with van der Waals surface area (Å²) in [6, 6.07) is 72.8. The van der Waals surface area contributed by atoms with Gasteiger partial charge in [-0.2, -0.15) is 0 Å². The van der Waals surface area contributed by atoms with Gasteiger partial charge in [-0.15, -0.1) is 0 Å². The Hall–Kier alpha value is -8.74. The largest absolute Gasteiger partial charge is 0.455 e. The highest BCUT2D eigenvalue weighted by atomic mass is 16.3. The second-order valence-corrected chi connectivity index (χ2v) is 16.9. The van der Waals surface area contributed by atoms with Crippen LogP contribution >= 0.6 is 0 Å². The van der Waals surface area contributed by atoms with Crippen molar-refractivity contribution in [2.45, 2.75) is 6.17 Å². The van der Waals surface area contributed by atoms with Crippen LogP contribution in [-0.4, -0.2) is 16.2 Å². The van der Waals surface area contributed by atoms with Crippen LogP contribution in [0.5, 0.6) is 0 Å². The number of aliphatic imine (C=N–C) groups is 2. The van der Waals surface area contributed by atoms with Crippen molar-refractivity contribution in [2.24, 2.45) is 9.98 Å². The first kappa shape index (κ1) is 35.8. The van der Waals surface area contributed by atoms with Gasteiger partial charge in [-0.25, -0.2) is 9.98 Å². The van der Waals surface area contributed by atoms with Crippen molar-refractivity contribution < 1.29 is 8.83 Å². The molecule has 0 saturated carbocycles. The number of nitrogens with zero attached hydrogens (tertiary/aromatic N) is 3. The van der Waals surface area contributed by atoms with Crippen LogP contribution < -0.4 is 5.32 Å². The Morgan fingerprint density at radius 1 is 0.431 bits per heavy atom. The van der Waals surface area contributed by atoms with Crippen molar-refractivity contribution in [2.75, 3.05) is 0 Å². The fourth-order valence-electron chi connectivity index (χ4n) is 10.2. The molecule has 14 rings (SSSR count). The molecule has 13 aromatic rings. The predicted octanol–water partition coefficient (Wildman–Crippen LogP) is 15.1. The van der Waals surface area contributed by atoms with Crippen LogP contribution in [-0.2, 0) is 0 Å². The highest BCUT2D eigenvalue weighted by molar-refractivity contribution is 6.22. The molecule has 304 valence electrons. The topological polar surface area (TPSA) is 68.0 Å².